The number of pyridine rings is 2. The van der Waals surface area contributed by atoms with Gasteiger partial charge in [-0.05, 0) is 36.8 Å². The van der Waals surface area contributed by atoms with E-state index in [9.17, 15) is 9.18 Å². The molecule has 0 unspecified atom stereocenters. The predicted octanol–water partition coefficient (Wildman–Crippen LogP) is 2.41. The molecule has 0 saturated carbocycles. The molecule has 1 saturated heterocycles. The van der Waals surface area contributed by atoms with Crippen molar-refractivity contribution < 1.29 is 9.18 Å². The number of urea groups is 1. The average Bonchev–Trinajstić information content (AvgIpc) is 3.28. The molecule has 2 aromatic heterocycles. The number of hydrogen-bond donors (Lipinski definition) is 1. The molecule has 0 aliphatic carbocycles. The summed E-state index contributed by atoms with van der Waals surface area (Å²) in [5.74, 6) is 0.740. The fourth-order valence-electron chi connectivity index (χ4n) is 3.18. The summed E-state index contributed by atoms with van der Waals surface area (Å²) < 4.78 is 13.3. The second-order valence-corrected chi connectivity index (χ2v) is 6.51. The van der Waals surface area contributed by atoms with Gasteiger partial charge in [0.15, 0.2) is 0 Å². The summed E-state index contributed by atoms with van der Waals surface area (Å²) in [4.78, 5) is 28.0. The van der Waals surface area contributed by atoms with Crippen molar-refractivity contribution >= 4 is 28.9 Å². The number of carbonyl (C=O) groups is 1. The number of aliphatic imine (C=N–C) groups is 1. The number of anilines is 2. The number of rotatable bonds is 4. The molecule has 1 atom stereocenters. The summed E-state index contributed by atoms with van der Waals surface area (Å²) in [5.41, 5.74) is 8.68. The highest BCUT2D eigenvalue weighted by molar-refractivity contribution is 6.17. The van der Waals surface area contributed by atoms with Crippen LogP contribution >= 0.6 is 0 Å². The zero-order valence-corrected chi connectivity index (χ0v) is 14.6. The first-order chi connectivity index (χ1) is 13.1. The van der Waals surface area contributed by atoms with Crippen LogP contribution in [0.3, 0.4) is 0 Å². The number of halogens is 1. The summed E-state index contributed by atoms with van der Waals surface area (Å²) in [6, 6.07) is 6.86. The van der Waals surface area contributed by atoms with Crippen molar-refractivity contribution in [2.45, 2.75) is 12.6 Å². The summed E-state index contributed by atoms with van der Waals surface area (Å²) >= 11 is 0. The molecule has 0 aromatic carbocycles. The van der Waals surface area contributed by atoms with E-state index in [0.717, 1.165) is 17.1 Å². The maximum absolute atomic E-state index is 13.3. The molecule has 2 aliphatic heterocycles. The maximum atomic E-state index is 13.3. The van der Waals surface area contributed by atoms with E-state index in [4.69, 9.17) is 5.73 Å². The molecule has 7 nitrogen and oxygen atoms in total. The van der Waals surface area contributed by atoms with Crippen LogP contribution in [0.25, 0.3) is 5.70 Å². The number of aromatic nitrogens is 2. The molecular formula is C19H19FN6O. The van der Waals surface area contributed by atoms with Crippen LogP contribution in [0.2, 0.25) is 0 Å². The third kappa shape index (κ3) is 3.64. The molecule has 2 amide bonds. The second-order valence-electron chi connectivity index (χ2n) is 6.51. The van der Waals surface area contributed by atoms with E-state index in [1.165, 1.54) is 0 Å². The highest BCUT2D eigenvalue weighted by Crippen LogP contribution is 2.22. The molecule has 27 heavy (non-hydrogen) atoms. The van der Waals surface area contributed by atoms with Gasteiger partial charge in [0.2, 0.25) is 0 Å². The first-order valence-electron chi connectivity index (χ1n) is 8.72. The molecule has 4 heterocycles. The molecule has 8 heteroatoms. The number of nitrogens with two attached hydrogens (primary N) is 1. The van der Waals surface area contributed by atoms with Crippen molar-refractivity contribution in [3.63, 3.8) is 0 Å². The van der Waals surface area contributed by atoms with Crippen LogP contribution in [0.15, 0.2) is 53.9 Å². The lowest BCUT2D eigenvalue weighted by molar-refractivity contribution is 0.256. The van der Waals surface area contributed by atoms with Gasteiger partial charge in [-0.2, -0.15) is 4.99 Å². The number of alkyl halides is 1. The smallest absolute Gasteiger partial charge is 0.348 e. The van der Waals surface area contributed by atoms with Crippen LogP contribution in [-0.4, -0.2) is 47.5 Å². The lowest BCUT2D eigenvalue weighted by atomic mass is 10.1. The SMILES string of the molecule is NC(=CC1=NC(=O)N(c2ccncc2)C1)c1ccc(N2CC[C@H](F)C2)nc1. The lowest BCUT2D eigenvalue weighted by Gasteiger charge is -2.16. The van der Waals surface area contributed by atoms with E-state index >= 15 is 0 Å². The Balaban J connectivity index is 1.46. The standard InChI is InChI=1S/C19H19FN6O/c20-14-5-8-25(11-14)18-2-1-13(10-23-18)17(21)9-15-12-26(19(27)24-15)16-3-6-22-7-4-16/h1-4,6-7,9-10,14H,5,8,11-12,21H2/t14-/m0/s1. The molecule has 4 rings (SSSR count). The van der Waals surface area contributed by atoms with Crippen molar-refractivity contribution in [3.05, 3.63) is 54.5 Å². The predicted molar refractivity (Wildman–Crippen MR) is 103 cm³/mol. The number of hydrogen-bond acceptors (Lipinski definition) is 5. The molecule has 2 aromatic rings. The van der Waals surface area contributed by atoms with Crippen molar-refractivity contribution in [3.8, 4) is 0 Å². The quantitative estimate of drug-likeness (QED) is 0.898. The van der Waals surface area contributed by atoms with Gasteiger partial charge in [-0.1, -0.05) is 0 Å². The first-order valence-corrected chi connectivity index (χ1v) is 8.72. The van der Waals surface area contributed by atoms with Crippen LogP contribution in [0.5, 0.6) is 0 Å². The fourth-order valence-corrected chi connectivity index (χ4v) is 3.18. The van der Waals surface area contributed by atoms with E-state index in [0.29, 0.717) is 37.5 Å². The molecule has 0 radical (unpaired) electrons. The highest BCUT2D eigenvalue weighted by atomic mass is 19.1. The molecule has 138 valence electrons. The Morgan fingerprint density at radius 2 is 2.07 bits per heavy atom. The van der Waals surface area contributed by atoms with Gasteiger partial charge in [-0.3, -0.25) is 9.88 Å². The minimum absolute atomic E-state index is 0.330. The Kier molecular flexibility index (Phi) is 4.53. The van der Waals surface area contributed by atoms with Gasteiger partial charge in [-0.15, -0.1) is 0 Å². The van der Waals surface area contributed by atoms with Crippen molar-refractivity contribution in [1.82, 2.24) is 9.97 Å². The second kappa shape index (κ2) is 7.14. The zero-order chi connectivity index (χ0) is 18.8. The Morgan fingerprint density at radius 3 is 2.74 bits per heavy atom. The Hall–Kier alpha value is -3.29. The Bertz CT molecular complexity index is 896. The van der Waals surface area contributed by atoms with Crippen molar-refractivity contribution in [2.75, 3.05) is 29.4 Å². The van der Waals surface area contributed by atoms with E-state index in [1.807, 2.05) is 17.0 Å². The molecule has 0 spiro atoms. The molecule has 2 N–H and O–H groups in total. The van der Waals surface area contributed by atoms with Crippen molar-refractivity contribution in [1.29, 1.82) is 0 Å². The third-order valence-corrected chi connectivity index (χ3v) is 4.62. The monoisotopic (exact) mass is 366 g/mol. The van der Waals surface area contributed by atoms with Gasteiger partial charge >= 0.3 is 6.03 Å². The van der Waals surface area contributed by atoms with E-state index in [2.05, 4.69) is 15.0 Å². The normalized spacial score (nSPS) is 20.3. The van der Waals surface area contributed by atoms with Gasteiger partial charge in [0.05, 0.1) is 18.8 Å². The summed E-state index contributed by atoms with van der Waals surface area (Å²) in [5, 5.41) is 0. The molecule has 0 bridgehead atoms. The summed E-state index contributed by atoms with van der Waals surface area (Å²) in [6.07, 6.45) is 6.34. The fraction of sp³-hybridized carbons (Fsp3) is 0.263. The minimum Gasteiger partial charge on any atom is -0.398 e. The van der Waals surface area contributed by atoms with E-state index < -0.39 is 6.17 Å². The van der Waals surface area contributed by atoms with E-state index in [-0.39, 0.29) is 6.03 Å². The highest BCUT2D eigenvalue weighted by Gasteiger charge is 2.24. The maximum Gasteiger partial charge on any atom is 0.348 e. The van der Waals surface area contributed by atoms with Crippen LogP contribution in [-0.2, 0) is 0 Å². The third-order valence-electron chi connectivity index (χ3n) is 4.62. The Morgan fingerprint density at radius 1 is 1.26 bits per heavy atom. The summed E-state index contributed by atoms with van der Waals surface area (Å²) in [7, 11) is 0. The topological polar surface area (TPSA) is 87.7 Å². The molecule has 2 aliphatic rings. The first kappa shape index (κ1) is 17.1. The Labute approximate surface area is 156 Å². The largest absolute Gasteiger partial charge is 0.398 e. The number of amides is 2. The van der Waals surface area contributed by atoms with Gasteiger partial charge < -0.3 is 10.6 Å². The molecule has 1 fully saturated rings. The van der Waals surface area contributed by atoms with Crippen molar-refractivity contribution in [2.24, 2.45) is 10.7 Å². The van der Waals surface area contributed by atoms with Gasteiger partial charge in [0.1, 0.15) is 12.0 Å². The van der Waals surface area contributed by atoms with Crippen LogP contribution in [0.1, 0.15) is 12.0 Å². The van der Waals surface area contributed by atoms with Gasteiger partial charge in [0, 0.05) is 42.1 Å². The van der Waals surface area contributed by atoms with Gasteiger partial charge in [-0.25, -0.2) is 14.2 Å². The van der Waals surface area contributed by atoms with Crippen LogP contribution in [0, 0.1) is 0 Å². The zero-order valence-electron chi connectivity index (χ0n) is 14.6. The number of carbonyl (C=O) groups excluding carboxylic acids is 1. The summed E-state index contributed by atoms with van der Waals surface area (Å²) in [6.45, 7) is 1.39. The van der Waals surface area contributed by atoms with E-state index in [1.54, 1.807) is 41.7 Å². The number of nitrogens with zero attached hydrogens (tertiary/aromatic N) is 5. The van der Waals surface area contributed by atoms with Crippen LogP contribution in [0.4, 0.5) is 20.7 Å². The minimum atomic E-state index is -0.794. The molecular weight excluding hydrogens is 347 g/mol. The average molecular weight is 366 g/mol. The lowest BCUT2D eigenvalue weighted by Crippen LogP contribution is -2.25. The van der Waals surface area contributed by atoms with Gasteiger partial charge in [0.25, 0.3) is 0 Å². The van der Waals surface area contributed by atoms with Crippen LogP contribution < -0.4 is 15.5 Å².